The molecular formula is C13H21N3O3S2. The molecule has 118 valence electrons. The number of amides is 1. The molecule has 0 aliphatic carbocycles. The third-order valence-electron chi connectivity index (χ3n) is 2.47. The van der Waals surface area contributed by atoms with Gasteiger partial charge in [0, 0.05) is 18.6 Å². The van der Waals surface area contributed by atoms with Crippen LogP contribution in [0.5, 0.6) is 0 Å². The number of carbonyl (C=O) groups excluding carboxylic acids is 2. The van der Waals surface area contributed by atoms with Crippen molar-refractivity contribution >= 4 is 40.1 Å². The summed E-state index contributed by atoms with van der Waals surface area (Å²) in [6, 6.07) is 0. The number of carbonyl (C=O) groups is 2. The van der Waals surface area contributed by atoms with Gasteiger partial charge >= 0.3 is 5.97 Å². The van der Waals surface area contributed by atoms with Gasteiger partial charge in [0.1, 0.15) is 0 Å². The Morgan fingerprint density at radius 2 is 2.05 bits per heavy atom. The van der Waals surface area contributed by atoms with Crippen LogP contribution in [0.3, 0.4) is 0 Å². The molecule has 0 aromatic carbocycles. The summed E-state index contributed by atoms with van der Waals surface area (Å²) >= 11 is 2.89. The van der Waals surface area contributed by atoms with Crippen molar-refractivity contribution in [2.75, 3.05) is 17.7 Å². The molecule has 0 saturated carbocycles. The lowest BCUT2D eigenvalue weighted by atomic mass is 10.2. The lowest BCUT2D eigenvalue weighted by molar-refractivity contribution is -0.143. The Labute approximate surface area is 133 Å². The van der Waals surface area contributed by atoms with E-state index in [2.05, 4.69) is 15.5 Å². The van der Waals surface area contributed by atoms with Gasteiger partial charge in [0.2, 0.25) is 11.0 Å². The molecule has 1 aromatic heterocycles. The molecule has 0 saturated heterocycles. The molecule has 6 nitrogen and oxygen atoms in total. The number of hydrogen-bond acceptors (Lipinski definition) is 7. The van der Waals surface area contributed by atoms with Gasteiger partial charge in [-0.25, -0.2) is 0 Å². The van der Waals surface area contributed by atoms with Gasteiger partial charge in [-0.2, -0.15) is 0 Å². The van der Waals surface area contributed by atoms with Gasteiger partial charge in [-0.05, 0) is 19.8 Å². The Kier molecular flexibility index (Phi) is 9.00. The highest BCUT2D eigenvalue weighted by atomic mass is 32.2. The predicted molar refractivity (Wildman–Crippen MR) is 84.7 cm³/mol. The van der Waals surface area contributed by atoms with Crippen molar-refractivity contribution in [3.63, 3.8) is 0 Å². The number of esters is 1. The Hall–Kier alpha value is -1.15. The molecule has 0 unspecified atom stereocenters. The molecule has 8 heteroatoms. The molecule has 1 amide bonds. The number of nitrogens with one attached hydrogen (secondary N) is 1. The summed E-state index contributed by atoms with van der Waals surface area (Å²) in [6.07, 6.45) is 3.53. The molecule has 0 spiro atoms. The maximum absolute atomic E-state index is 11.5. The fourth-order valence-corrected chi connectivity index (χ4v) is 3.22. The number of aromatic nitrogens is 2. The first-order valence-corrected chi connectivity index (χ1v) is 8.87. The van der Waals surface area contributed by atoms with Gasteiger partial charge in [0.05, 0.1) is 6.61 Å². The van der Waals surface area contributed by atoms with E-state index in [1.54, 1.807) is 6.92 Å². The molecule has 0 radical (unpaired) electrons. The van der Waals surface area contributed by atoms with Crippen molar-refractivity contribution in [3.8, 4) is 0 Å². The first-order chi connectivity index (χ1) is 10.2. The Morgan fingerprint density at radius 1 is 1.24 bits per heavy atom. The van der Waals surface area contributed by atoms with E-state index in [4.69, 9.17) is 4.74 Å². The smallest absolute Gasteiger partial charge is 0.305 e. The monoisotopic (exact) mass is 331 g/mol. The normalized spacial score (nSPS) is 10.4. The zero-order valence-corrected chi connectivity index (χ0v) is 14.0. The van der Waals surface area contributed by atoms with Gasteiger partial charge in [-0.1, -0.05) is 36.4 Å². The van der Waals surface area contributed by atoms with E-state index in [1.165, 1.54) is 23.1 Å². The van der Waals surface area contributed by atoms with E-state index in [0.29, 0.717) is 24.6 Å². The van der Waals surface area contributed by atoms with Crippen molar-refractivity contribution < 1.29 is 14.3 Å². The fraction of sp³-hybridized carbons (Fsp3) is 0.692. The molecule has 0 bridgehead atoms. The van der Waals surface area contributed by atoms with E-state index in [9.17, 15) is 9.59 Å². The summed E-state index contributed by atoms with van der Waals surface area (Å²) in [5.41, 5.74) is 0. The number of rotatable bonds is 10. The first kappa shape index (κ1) is 17.9. The first-order valence-electron chi connectivity index (χ1n) is 7.07. The third-order valence-corrected chi connectivity index (χ3v) is 4.52. The summed E-state index contributed by atoms with van der Waals surface area (Å²) in [7, 11) is 0. The Morgan fingerprint density at radius 3 is 2.76 bits per heavy atom. The molecule has 0 aliphatic rings. The van der Waals surface area contributed by atoms with Crippen LogP contribution < -0.4 is 5.32 Å². The number of unbranched alkanes of at least 4 members (excludes halogenated alkanes) is 1. The third kappa shape index (κ3) is 8.01. The Balaban J connectivity index is 2.22. The standard InChI is InChI=1S/C13H21N3O3S2/c1-3-5-7-10(17)14-12-15-16-13(21-12)20-9-6-8-11(18)19-4-2/h3-9H2,1-2H3,(H,14,15,17). The zero-order chi connectivity index (χ0) is 15.5. The fourth-order valence-electron chi connectivity index (χ4n) is 1.45. The minimum absolute atomic E-state index is 0.0214. The van der Waals surface area contributed by atoms with Gasteiger partial charge in [0.25, 0.3) is 0 Å². The van der Waals surface area contributed by atoms with Gasteiger partial charge in [-0.15, -0.1) is 10.2 Å². The Bertz CT molecular complexity index is 452. The van der Waals surface area contributed by atoms with Gasteiger partial charge < -0.3 is 10.1 Å². The molecule has 1 N–H and O–H groups in total. The second-order valence-corrected chi connectivity index (χ2v) is 6.60. The summed E-state index contributed by atoms with van der Waals surface area (Å²) in [4.78, 5) is 22.7. The number of hydrogen-bond donors (Lipinski definition) is 1. The number of ether oxygens (including phenoxy) is 1. The molecule has 1 aromatic rings. The van der Waals surface area contributed by atoms with Crippen molar-refractivity contribution in [1.29, 1.82) is 0 Å². The average molecular weight is 331 g/mol. The SMILES string of the molecule is CCCCC(=O)Nc1nnc(SCCCC(=O)OCC)s1. The van der Waals surface area contributed by atoms with Crippen molar-refractivity contribution in [3.05, 3.63) is 0 Å². The molecule has 1 rings (SSSR count). The van der Waals surface area contributed by atoms with E-state index in [0.717, 1.165) is 29.4 Å². The number of nitrogens with zero attached hydrogens (tertiary/aromatic N) is 2. The van der Waals surface area contributed by atoms with Crippen LogP contribution in [0.4, 0.5) is 5.13 Å². The highest BCUT2D eigenvalue weighted by molar-refractivity contribution is 8.01. The minimum atomic E-state index is -0.167. The average Bonchev–Trinajstić information content (AvgIpc) is 2.89. The van der Waals surface area contributed by atoms with Crippen molar-refractivity contribution in [2.24, 2.45) is 0 Å². The zero-order valence-electron chi connectivity index (χ0n) is 12.4. The second-order valence-electron chi connectivity index (χ2n) is 4.28. The summed E-state index contributed by atoms with van der Waals surface area (Å²) in [5.74, 6) is 0.586. The van der Waals surface area contributed by atoms with E-state index >= 15 is 0 Å². The van der Waals surface area contributed by atoms with Crippen LogP contribution >= 0.6 is 23.1 Å². The van der Waals surface area contributed by atoms with Crippen LogP contribution in [-0.2, 0) is 14.3 Å². The van der Waals surface area contributed by atoms with Crippen LogP contribution in [0.1, 0.15) is 46.0 Å². The lowest BCUT2D eigenvalue weighted by Gasteiger charge is -2.00. The number of thioether (sulfide) groups is 1. The number of anilines is 1. The quantitative estimate of drug-likeness (QED) is 0.307. The van der Waals surface area contributed by atoms with E-state index in [1.807, 2.05) is 6.92 Å². The predicted octanol–water partition coefficient (Wildman–Crippen LogP) is 3.10. The maximum Gasteiger partial charge on any atom is 0.305 e. The topological polar surface area (TPSA) is 81.2 Å². The van der Waals surface area contributed by atoms with Gasteiger partial charge in [0.15, 0.2) is 4.34 Å². The van der Waals surface area contributed by atoms with Crippen LogP contribution in [0.25, 0.3) is 0 Å². The molecule has 21 heavy (non-hydrogen) atoms. The largest absolute Gasteiger partial charge is 0.466 e. The minimum Gasteiger partial charge on any atom is -0.466 e. The summed E-state index contributed by atoms with van der Waals surface area (Å²) in [5, 5.41) is 11.2. The molecule has 0 aliphatic heterocycles. The molecule has 0 fully saturated rings. The molecular weight excluding hydrogens is 310 g/mol. The van der Waals surface area contributed by atoms with Crippen LogP contribution in [0.2, 0.25) is 0 Å². The van der Waals surface area contributed by atoms with Crippen LogP contribution in [0.15, 0.2) is 4.34 Å². The van der Waals surface area contributed by atoms with E-state index < -0.39 is 0 Å². The van der Waals surface area contributed by atoms with Crippen LogP contribution in [0, 0.1) is 0 Å². The molecule has 1 heterocycles. The van der Waals surface area contributed by atoms with E-state index in [-0.39, 0.29) is 11.9 Å². The second kappa shape index (κ2) is 10.6. The van der Waals surface area contributed by atoms with Crippen molar-refractivity contribution in [2.45, 2.75) is 50.3 Å². The highest BCUT2D eigenvalue weighted by Gasteiger charge is 2.08. The maximum atomic E-state index is 11.5. The molecule has 0 atom stereocenters. The van der Waals surface area contributed by atoms with Crippen molar-refractivity contribution in [1.82, 2.24) is 10.2 Å². The lowest BCUT2D eigenvalue weighted by Crippen LogP contribution is -2.10. The van der Waals surface area contributed by atoms with Gasteiger partial charge in [-0.3, -0.25) is 9.59 Å². The summed E-state index contributed by atoms with van der Waals surface area (Å²) < 4.78 is 5.65. The highest BCUT2D eigenvalue weighted by Crippen LogP contribution is 2.26. The summed E-state index contributed by atoms with van der Waals surface area (Å²) in [6.45, 7) is 4.26. The van der Waals surface area contributed by atoms with Crippen LogP contribution in [-0.4, -0.2) is 34.4 Å².